The molecule has 3 N–H and O–H groups in total. The molecule has 7 heteroatoms. The zero-order valence-corrected chi connectivity index (χ0v) is 11.3. The van der Waals surface area contributed by atoms with Crippen LogP contribution in [0.5, 0.6) is 0 Å². The van der Waals surface area contributed by atoms with Crippen molar-refractivity contribution in [2.45, 2.75) is 13.0 Å². The molecule has 0 fully saturated rings. The predicted octanol–water partition coefficient (Wildman–Crippen LogP) is 3.25. The van der Waals surface area contributed by atoms with Gasteiger partial charge in [-0.15, -0.1) is 5.10 Å². The molecule has 1 heterocycles. The zero-order valence-electron chi connectivity index (χ0n) is 8.95. The summed E-state index contributed by atoms with van der Waals surface area (Å²) in [5, 5.41) is 11.2. The largest absolute Gasteiger partial charge is 0.406 e. The molecule has 1 aromatic heterocycles. The number of halogens is 2. The van der Waals surface area contributed by atoms with E-state index in [-0.39, 0.29) is 12.1 Å². The third-order valence-electron chi connectivity index (χ3n) is 2.00. The number of nitrogens with zero attached hydrogens (tertiary/aromatic N) is 2. The first kappa shape index (κ1) is 12.3. The normalized spacial score (nSPS) is 12.5. The van der Waals surface area contributed by atoms with Crippen LogP contribution in [0.3, 0.4) is 0 Å². The van der Waals surface area contributed by atoms with Crippen molar-refractivity contribution in [2.24, 2.45) is 5.73 Å². The summed E-state index contributed by atoms with van der Waals surface area (Å²) in [4.78, 5) is 0. The third kappa shape index (κ3) is 2.96. The zero-order chi connectivity index (χ0) is 12.4. The van der Waals surface area contributed by atoms with Crippen molar-refractivity contribution < 1.29 is 4.42 Å². The molecule has 5 nitrogen and oxygen atoms in total. The average molecular weight is 318 g/mol. The molecule has 0 spiro atoms. The van der Waals surface area contributed by atoms with E-state index in [1.807, 2.05) is 12.1 Å². The Kier molecular flexibility index (Phi) is 3.66. The molecule has 1 aromatic carbocycles. The summed E-state index contributed by atoms with van der Waals surface area (Å²) in [6.07, 6.45) is 0. The minimum absolute atomic E-state index is 0.286. The highest BCUT2D eigenvalue weighted by atomic mass is 79.9. The van der Waals surface area contributed by atoms with Gasteiger partial charge < -0.3 is 15.5 Å². The molecule has 0 saturated heterocycles. The predicted molar refractivity (Wildman–Crippen MR) is 69.3 cm³/mol. The second-order valence-corrected chi connectivity index (χ2v) is 4.75. The van der Waals surface area contributed by atoms with E-state index in [1.54, 1.807) is 13.0 Å². The smallest absolute Gasteiger partial charge is 0.320 e. The van der Waals surface area contributed by atoms with Gasteiger partial charge in [0.1, 0.15) is 0 Å². The molecule has 2 aromatic rings. The standard InChI is InChI=1S/C10H10BrClN4O/c1-5(13)9-15-16-10(17-9)14-6-2-3-7(11)8(12)4-6/h2-5H,13H2,1H3,(H,14,16). The number of hydrogen-bond donors (Lipinski definition) is 2. The molecular weight excluding hydrogens is 307 g/mol. The van der Waals surface area contributed by atoms with E-state index in [2.05, 4.69) is 31.4 Å². The van der Waals surface area contributed by atoms with Gasteiger partial charge in [-0.1, -0.05) is 16.7 Å². The fourth-order valence-corrected chi connectivity index (χ4v) is 1.59. The molecule has 1 unspecified atom stereocenters. The summed E-state index contributed by atoms with van der Waals surface area (Å²) >= 11 is 9.27. The van der Waals surface area contributed by atoms with Gasteiger partial charge in [-0.25, -0.2) is 0 Å². The molecule has 0 amide bonds. The molecule has 0 aliphatic carbocycles. The maximum atomic E-state index is 5.96. The maximum absolute atomic E-state index is 5.96. The fourth-order valence-electron chi connectivity index (χ4n) is 1.17. The first-order valence-electron chi connectivity index (χ1n) is 4.87. The monoisotopic (exact) mass is 316 g/mol. The van der Waals surface area contributed by atoms with Gasteiger partial charge in [-0.05, 0) is 41.1 Å². The summed E-state index contributed by atoms with van der Waals surface area (Å²) in [6, 6.07) is 5.42. The van der Waals surface area contributed by atoms with Crippen LogP contribution in [0.15, 0.2) is 27.1 Å². The van der Waals surface area contributed by atoms with Crippen LogP contribution < -0.4 is 11.1 Å². The van der Waals surface area contributed by atoms with E-state index in [4.69, 9.17) is 21.8 Å². The Labute approximate surface area is 111 Å². The molecule has 0 aliphatic rings. The molecular formula is C10H10BrClN4O. The lowest BCUT2D eigenvalue weighted by Crippen LogP contribution is -2.04. The van der Waals surface area contributed by atoms with E-state index in [0.717, 1.165) is 10.2 Å². The van der Waals surface area contributed by atoms with Gasteiger partial charge >= 0.3 is 6.01 Å². The number of benzene rings is 1. The number of nitrogens with one attached hydrogen (secondary N) is 1. The van der Waals surface area contributed by atoms with Gasteiger partial charge in [0, 0.05) is 10.2 Å². The van der Waals surface area contributed by atoms with Gasteiger partial charge in [0.05, 0.1) is 11.1 Å². The summed E-state index contributed by atoms with van der Waals surface area (Å²) in [5.74, 6) is 0.385. The van der Waals surface area contributed by atoms with Crippen LogP contribution in [-0.2, 0) is 0 Å². The third-order valence-corrected chi connectivity index (χ3v) is 3.23. The van der Waals surface area contributed by atoms with Crippen LogP contribution in [0.4, 0.5) is 11.7 Å². The van der Waals surface area contributed by atoms with Gasteiger partial charge in [0.2, 0.25) is 5.89 Å². The Hall–Kier alpha value is -1.11. The highest BCUT2D eigenvalue weighted by Crippen LogP contribution is 2.27. The van der Waals surface area contributed by atoms with Crippen molar-refractivity contribution in [3.05, 3.63) is 33.6 Å². The Balaban J connectivity index is 2.16. The summed E-state index contributed by atoms with van der Waals surface area (Å²) in [5.41, 5.74) is 6.38. The Morgan fingerprint density at radius 1 is 1.47 bits per heavy atom. The van der Waals surface area contributed by atoms with Crippen molar-refractivity contribution in [3.63, 3.8) is 0 Å². The molecule has 0 bridgehead atoms. The number of rotatable bonds is 3. The first-order chi connectivity index (χ1) is 8.06. The molecule has 0 aliphatic heterocycles. The van der Waals surface area contributed by atoms with Crippen LogP contribution in [0.2, 0.25) is 5.02 Å². The highest BCUT2D eigenvalue weighted by Gasteiger charge is 2.10. The van der Waals surface area contributed by atoms with Crippen molar-refractivity contribution in [1.29, 1.82) is 0 Å². The fraction of sp³-hybridized carbons (Fsp3) is 0.200. The number of nitrogens with two attached hydrogens (primary N) is 1. The van der Waals surface area contributed by atoms with E-state index in [0.29, 0.717) is 10.9 Å². The Morgan fingerprint density at radius 3 is 2.82 bits per heavy atom. The lowest BCUT2D eigenvalue weighted by Gasteiger charge is -2.02. The minimum Gasteiger partial charge on any atom is -0.406 e. The average Bonchev–Trinajstić information content (AvgIpc) is 2.72. The molecule has 0 radical (unpaired) electrons. The number of hydrogen-bond acceptors (Lipinski definition) is 5. The Morgan fingerprint density at radius 2 is 2.24 bits per heavy atom. The SMILES string of the molecule is CC(N)c1nnc(Nc2ccc(Br)c(Cl)c2)o1. The van der Waals surface area contributed by atoms with Crippen LogP contribution in [-0.4, -0.2) is 10.2 Å². The van der Waals surface area contributed by atoms with Crippen LogP contribution >= 0.6 is 27.5 Å². The first-order valence-corrected chi connectivity index (χ1v) is 6.04. The van der Waals surface area contributed by atoms with Crippen LogP contribution in [0.25, 0.3) is 0 Å². The minimum atomic E-state index is -0.286. The van der Waals surface area contributed by atoms with Gasteiger partial charge in [0.15, 0.2) is 0 Å². The summed E-state index contributed by atoms with van der Waals surface area (Å²) in [7, 11) is 0. The van der Waals surface area contributed by atoms with E-state index in [1.165, 1.54) is 0 Å². The van der Waals surface area contributed by atoms with Crippen molar-refractivity contribution in [2.75, 3.05) is 5.32 Å². The van der Waals surface area contributed by atoms with Gasteiger partial charge in [-0.2, -0.15) is 0 Å². The van der Waals surface area contributed by atoms with Crippen LogP contribution in [0, 0.1) is 0 Å². The number of anilines is 2. The van der Waals surface area contributed by atoms with E-state index in [9.17, 15) is 0 Å². The second-order valence-electron chi connectivity index (χ2n) is 3.49. The molecule has 90 valence electrons. The van der Waals surface area contributed by atoms with Crippen molar-refractivity contribution in [3.8, 4) is 0 Å². The lowest BCUT2D eigenvalue weighted by atomic mass is 10.3. The number of aromatic nitrogens is 2. The summed E-state index contributed by atoms with van der Waals surface area (Å²) in [6.45, 7) is 1.77. The molecule has 1 atom stereocenters. The maximum Gasteiger partial charge on any atom is 0.320 e. The molecule has 2 rings (SSSR count). The van der Waals surface area contributed by atoms with Crippen LogP contribution in [0.1, 0.15) is 18.9 Å². The van der Waals surface area contributed by atoms with E-state index >= 15 is 0 Å². The van der Waals surface area contributed by atoms with Crippen molar-refractivity contribution >= 4 is 39.2 Å². The summed E-state index contributed by atoms with van der Waals surface area (Å²) < 4.78 is 6.13. The van der Waals surface area contributed by atoms with E-state index < -0.39 is 0 Å². The van der Waals surface area contributed by atoms with Crippen molar-refractivity contribution in [1.82, 2.24) is 10.2 Å². The van der Waals surface area contributed by atoms with Gasteiger partial charge in [0.25, 0.3) is 0 Å². The van der Waals surface area contributed by atoms with Gasteiger partial charge in [-0.3, -0.25) is 0 Å². The molecule has 17 heavy (non-hydrogen) atoms. The second kappa shape index (κ2) is 5.03. The molecule has 0 saturated carbocycles. The Bertz CT molecular complexity index is 529. The highest BCUT2D eigenvalue weighted by molar-refractivity contribution is 9.10. The topological polar surface area (TPSA) is 77.0 Å². The lowest BCUT2D eigenvalue weighted by molar-refractivity contribution is 0.475. The quantitative estimate of drug-likeness (QED) is 0.908.